The van der Waals surface area contributed by atoms with Crippen molar-refractivity contribution in [2.24, 2.45) is 5.92 Å². The molecule has 0 bridgehead atoms. The number of amides is 2. The smallest absolute Gasteiger partial charge is 0.323 e. The van der Waals surface area contributed by atoms with Gasteiger partial charge >= 0.3 is 5.69 Å². The molecule has 0 aliphatic carbocycles. The number of carbonyl (C=O) groups excluding carboxylic acids is 2. The summed E-state index contributed by atoms with van der Waals surface area (Å²) in [4.78, 5) is 42.3. The van der Waals surface area contributed by atoms with E-state index in [0.717, 1.165) is 11.3 Å². The second-order valence-electron chi connectivity index (χ2n) is 6.29. The standard InChI is InChI=1S/C18H22N4O4/c1-26-14-4-2-12(3-5-14)10-19-16(23)13-6-8-22(9-7-13)17(24)15-11-20-18(25)21-15/h2-5,11,13H,6-10H2,1H3,(H,19,23)(H2,20,21,25). The summed E-state index contributed by atoms with van der Waals surface area (Å²) in [5.74, 6) is 0.451. The summed E-state index contributed by atoms with van der Waals surface area (Å²) in [5, 5.41) is 2.95. The van der Waals surface area contributed by atoms with Gasteiger partial charge in [-0.05, 0) is 30.5 Å². The normalized spacial score (nSPS) is 14.9. The third-order valence-corrected chi connectivity index (χ3v) is 4.60. The predicted molar refractivity (Wildman–Crippen MR) is 94.9 cm³/mol. The molecule has 1 aliphatic rings. The number of rotatable bonds is 5. The molecule has 1 aromatic carbocycles. The molecule has 8 heteroatoms. The number of piperidine rings is 1. The lowest BCUT2D eigenvalue weighted by Gasteiger charge is -2.31. The van der Waals surface area contributed by atoms with Gasteiger partial charge in [0.1, 0.15) is 11.4 Å². The van der Waals surface area contributed by atoms with Gasteiger partial charge < -0.3 is 24.9 Å². The molecule has 0 atom stereocenters. The molecule has 8 nitrogen and oxygen atoms in total. The topological polar surface area (TPSA) is 107 Å². The number of hydrogen-bond donors (Lipinski definition) is 3. The van der Waals surface area contributed by atoms with Crippen LogP contribution in [0.5, 0.6) is 5.75 Å². The monoisotopic (exact) mass is 358 g/mol. The van der Waals surface area contributed by atoms with Gasteiger partial charge in [0, 0.05) is 31.7 Å². The molecule has 2 heterocycles. The van der Waals surface area contributed by atoms with Crippen LogP contribution in [-0.2, 0) is 11.3 Å². The summed E-state index contributed by atoms with van der Waals surface area (Å²) >= 11 is 0. The molecule has 0 saturated carbocycles. The van der Waals surface area contributed by atoms with E-state index >= 15 is 0 Å². The van der Waals surface area contributed by atoms with Crippen LogP contribution in [0.1, 0.15) is 28.9 Å². The lowest BCUT2D eigenvalue weighted by atomic mass is 9.95. The molecule has 26 heavy (non-hydrogen) atoms. The molecule has 1 aromatic heterocycles. The Labute approximate surface area is 150 Å². The first-order valence-corrected chi connectivity index (χ1v) is 8.54. The number of aromatic nitrogens is 2. The summed E-state index contributed by atoms with van der Waals surface area (Å²) < 4.78 is 5.11. The van der Waals surface area contributed by atoms with Crippen LogP contribution in [0, 0.1) is 5.92 Å². The Kier molecular flexibility index (Phi) is 5.40. The maximum Gasteiger partial charge on any atom is 0.323 e. The van der Waals surface area contributed by atoms with E-state index in [1.165, 1.54) is 6.20 Å². The lowest BCUT2D eigenvalue weighted by molar-refractivity contribution is -0.126. The average molecular weight is 358 g/mol. The SMILES string of the molecule is COc1ccc(CNC(=O)C2CCN(C(=O)c3c[nH]c(=O)[nH]3)CC2)cc1. The van der Waals surface area contributed by atoms with E-state index < -0.39 is 5.69 Å². The van der Waals surface area contributed by atoms with E-state index in [4.69, 9.17) is 4.74 Å². The number of aromatic amines is 2. The number of carbonyl (C=O) groups is 2. The molecule has 0 spiro atoms. The van der Waals surface area contributed by atoms with Gasteiger partial charge in [-0.15, -0.1) is 0 Å². The highest BCUT2D eigenvalue weighted by molar-refractivity contribution is 5.92. The second-order valence-corrected chi connectivity index (χ2v) is 6.29. The summed E-state index contributed by atoms with van der Waals surface area (Å²) in [6, 6.07) is 7.55. The first kappa shape index (κ1) is 17.8. The van der Waals surface area contributed by atoms with Gasteiger partial charge in [-0.1, -0.05) is 12.1 Å². The Hall–Kier alpha value is -3.03. The Balaban J connectivity index is 1.47. The van der Waals surface area contributed by atoms with Crippen molar-refractivity contribution in [3.8, 4) is 5.75 Å². The molecule has 0 unspecified atom stereocenters. The highest BCUT2D eigenvalue weighted by Crippen LogP contribution is 2.19. The van der Waals surface area contributed by atoms with Gasteiger partial charge in [0.15, 0.2) is 0 Å². The minimum Gasteiger partial charge on any atom is -0.497 e. The molecule has 2 aromatic rings. The number of imidazole rings is 1. The third kappa shape index (κ3) is 4.14. The molecule has 3 rings (SSSR count). The van der Waals surface area contributed by atoms with E-state index in [9.17, 15) is 14.4 Å². The zero-order chi connectivity index (χ0) is 18.5. The van der Waals surface area contributed by atoms with E-state index in [0.29, 0.717) is 32.5 Å². The van der Waals surface area contributed by atoms with Crippen molar-refractivity contribution in [1.82, 2.24) is 20.2 Å². The van der Waals surface area contributed by atoms with E-state index in [1.807, 2.05) is 24.3 Å². The molecule has 138 valence electrons. The Morgan fingerprint density at radius 1 is 1.23 bits per heavy atom. The number of ether oxygens (including phenoxy) is 1. The molecule has 3 N–H and O–H groups in total. The molecule has 0 radical (unpaired) electrons. The van der Waals surface area contributed by atoms with E-state index in [1.54, 1.807) is 12.0 Å². The number of methoxy groups -OCH3 is 1. The Morgan fingerprint density at radius 3 is 2.50 bits per heavy atom. The number of nitrogens with one attached hydrogen (secondary N) is 3. The number of H-pyrrole nitrogens is 2. The summed E-state index contributed by atoms with van der Waals surface area (Å²) in [6.45, 7) is 1.45. The zero-order valence-corrected chi connectivity index (χ0v) is 14.6. The molecule has 1 saturated heterocycles. The third-order valence-electron chi connectivity index (χ3n) is 4.60. The minimum atomic E-state index is -0.402. The molecular weight excluding hydrogens is 336 g/mol. The fourth-order valence-corrected chi connectivity index (χ4v) is 3.04. The largest absolute Gasteiger partial charge is 0.497 e. The summed E-state index contributed by atoms with van der Waals surface area (Å²) in [6.07, 6.45) is 2.59. The first-order valence-electron chi connectivity index (χ1n) is 8.54. The fraction of sp³-hybridized carbons (Fsp3) is 0.389. The molecule has 1 fully saturated rings. The predicted octanol–water partition coefficient (Wildman–Crippen LogP) is 0.880. The van der Waals surface area contributed by atoms with Crippen LogP contribution in [0.25, 0.3) is 0 Å². The van der Waals surface area contributed by atoms with Crippen molar-refractivity contribution >= 4 is 11.8 Å². The maximum atomic E-state index is 12.4. The van der Waals surface area contributed by atoms with Crippen LogP contribution in [0.4, 0.5) is 0 Å². The van der Waals surface area contributed by atoms with Gasteiger partial charge in [-0.2, -0.15) is 0 Å². The van der Waals surface area contributed by atoms with E-state index in [-0.39, 0.29) is 23.4 Å². The first-order chi connectivity index (χ1) is 12.6. The van der Waals surface area contributed by atoms with Crippen LogP contribution in [-0.4, -0.2) is 46.9 Å². The van der Waals surface area contributed by atoms with Gasteiger partial charge in [0.05, 0.1) is 7.11 Å². The van der Waals surface area contributed by atoms with E-state index in [2.05, 4.69) is 15.3 Å². The van der Waals surface area contributed by atoms with Gasteiger partial charge in [0.2, 0.25) is 5.91 Å². The number of hydrogen-bond acceptors (Lipinski definition) is 4. The van der Waals surface area contributed by atoms with Gasteiger partial charge in [-0.3, -0.25) is 9.59 Å². The average Bonchev–Trinajstić information content (AvgIpc) is 3.12. The zero-order valence-electron chi connectivity index (χ0n) is 14.6. The van der Waals surface area contributed by atoms with Crippen molar-refractivity contribution in [3.63, 3.8) is 0 Å². The van der Waals surface area contributed by atoms with Crippen LogP contribution in [0.15, 0.2) is 35.3 Å². The number of likely N-dealkylation sites (tertiary alicyclic amines) is 1. The summed E-state index contributed by atoms with van der Waals surface area (Å²) in [7, 11) is 1.61. The van der Waals surface area contributed by atoms with Crippen molar-refractivity contribution in [3.05, 3.63) is 52.2 Å². The molecule has 2 amide bonds. The molecule has 1 aliphatic heterocycles. The Morgan fingerprint density at radius 2 is 1.92 bits per heavy atom. The number of benzene rings is 1. The van der Waals surface area contributed by atoms with Crippen LogP contribution in [0.3, 0.4) is 0 Å². The highest BCUT2D eigenvalue weighted by Gasteiger charge is 2.28. The Bertz CT molecular complexity index is 816. The van der Waals surface area contributed by atoms with Crippen LogP contribution in [0.2, 0.25) is 0 Å². The van der Waals surface area contributed by atoms with Crippen LogP contribution >= 0.6 is 0 Å². The van der Waals surface area contributed by atoms with Gasteiger partial charge in [-0.25, -0.2) is 4.79 Å². The second kappa shape index (κ2) is 7.90. The van der Waals surface area contributed by atoms with Crippen molar-refractivity contribution in [1.29, 1.82) is 0 Å². The van der Waals surface area contributed by atoms with Crippen LogP contribution < -0.4 is 15.7 Å². The van der Waals surface area contributed by atoms with Crippen molar-refractivity contribution in [2.75, 3.05) is 20.2 Å². The quantitative estimate of drug-likeness (QED) is 0.737. The highest BCUT2D eigenvalue weighted by atomic mass is 16.5. The fourth-order valence-electron chi connectivity index (χ4n) is 3.04. The molecular formula is C18H22N4O4. The number of nitrogens with zero attached hydrogens (tertiary/aromatic N) is 1. The minimum absolute atomic E-state index is 0.00275. The van der Waals surface area contributed by atoms with Crippen molar-refractivity contribution < 1.29 is 14.3 Å². The van der Waals surface area contributed by atoms with Gasteiger partial charge in [0.25, 0.3) is 5.91 Å². The summed E-state index contributed by atoms with van der Waals surface area (Å²) in [5.41, 5.74) is 0.849. The maximum absolute atomic E-state index is 12.4. The lowest BCUT2D eigenvalue weighted by Crippen LogP contribution is -2.43. The van der Waals surface area contributed by atoms with Crippen molar-refractivity contribution in [2.45, 2.75) is 19.4 Å².